The molecule has 0 aliphatic heterocycles. The van der Waals surface area contributed by atoms with Gasteiger partial charge in [0.25, 0.3) is 0 Å². The molecule has 1 aliphatic carbocycles. The van der Waals surface area contributed by atoms with Crippen molar-refractivity contribution in [3.8, 4) is 0 Å². The molecule has 0 aromatic carbocycles. The molecule has 0 unspecified atom stereocenters. The lowest BCUT2D eigenvalue weighted by Gasteiger charge is -2.14. The van der Waals surface area contributed by atoms with E-state index in [1.54, 1.807) is 11.3 Å². The summed E-state index contributed by atoms with van der Waals surface area (Å²) in [6.07, 6.45) is 3.93. The van der Waals surface area contributed by atoms with Crippen molar-refractivity contribution < 1.29 is 4.79 Å². The standard InChI is InChI=1S/C13H20N2OS/c1-9-5-6-17-12(9)8-15-13(16)7-10-3-2-4-11(10)14/h5-6,10-11H,2-4,7-8,14H2,1H3,(H,15,16)/t10-,11+/m0/s1. The Balaban J connectivity index is 1.76. The number of carbonyl (C=O) groups excluding carboxylic acids is 1. The molecule has 17 heavy (non-hydrogen) atoms. The average Bonchev–Trinajstić information content (AvgIpc) is 2.86. The van der Waals surface area contributed by atoms with E-state index in [2.05, 4.69) is 23.7 Å². The number of nitrogens with two attached hydrogens (primary N) is 1. The van der Waals surface area contributed by atoms with Crippen molar-refractivity contribution in [2.45, 2.75) is 45.2 Å². The van der Waals surface area contributed by atoms with Gasteiger partial charge in [-0.2, -0.15) is 0 Å². The topological polar surface area (TPSA) is 55.1 Å². The Hall–Kier alpha value is -0.870. The molecule has 2 rings (SSSR count). The summed E-state index contributed by atoms with van der Waals surface area (Å²) in [5, 5.41) is 5.05. The second kappa shape index (κ2) is 5.65. The van der Waals surface area contributed by atoms with Gasteiger partial charge in [-0.1, -0.05) is 6.42 Å². The zero-order valence-corrected chi connectivity index (χ0v) is 11.1. The summed E-state index contributed by atoms with van der Waals surface area (Å²) < 4.78 is 0. The van der Waals surface area contributed by atoms with E-state index >= 15 is 0 Å². The third-order valence-electron chi connectivity index (χ3n) is 3.58. The van der Waals surface area contributed by atoms with Crippen LogP contribution in [0.5, 0.6) is 0 Å². The van der Waals surface area contributed by atoms with Crippen molar-refractivity contribution >= 4 is 17.2 Å². The van der Waals surface area contributed by atoms with Crippen LogP contribution in [0.1, 0.15) is 36.1 Å². The number of hydrogen-bond acceptors (Lipinski definition) is 3. The van der Waals surface area contributed by atoms with Crippen molar-refractivity contribution in [2.75, 3.05) is 0 Å². The van der Waals surface area contributed by atoms with E-state index in [4.69, 9.17) is 5.73 Å². The Morgan fingerprint density at radius 3 is 3.00 bits per heavy atom. The zero-order chi connectivity index (χ0) is 12.3. The van der Waals surface area contributed by atoms with Crippen LogP contribution in [0.15, 0.2) is 11.4 Å². The van der Waals surface area contributed by atoms with Gasteiger partial charge in [0.2, 0.25) is 5.91 Å². The quantitative estimate of drug-likeness (QED) is 0.863. The Morgan fingerprint density at radius 2 is 2.41 bits per heavy atom. The minimum Gasteiger partial charge on any atom is -0.351 e. The van der Waals surface area contributed by atoms with Crippen LogP contribution in [0.3, 0.4) is 0 Å². The molecular weight excluding hydrogens is 232 g/mol. The summed E-state index contributed by atoms with van der Waals surface area (Å²) in [5.74, 6) is 0.527. The van der Waals surface area contributed by atoms with Gasteiger partial charge >= 0.3 is 0 Å². The molecule has 1 aromatic rings. The Kier molecular flexibility index (Phi) is 4.18. The summed E-state index contributed by atoms with van der Waals surface area (Å²) in [7, 11) is 0. The highest BCUT2D eigenvalue weighted by atomic mass is 32.1. The van der Waals surface area contributed by atoms with E-state index in [0.717, 1.165) is 12.8 Å². The molecule has 1 heterocycles. The molecule has 3 N–H and O–H groups in total. The minimum absolute atomic E-state index is 0.139. The smallest absolute Gasteiger partial charge is 0.220 e. The first-order valence-corrected chi connectivity index (χ1v) is 7.10. The van der Waals surface area contributed by atoms with Crippen LogP contribution in [0, 0.1) is 12.8 Å². The molecule has 1 saturated carbocycles. The molecule has 0 radical (unpaired) electrons. The summed E-state index contributed by atoms with van der Waals surface area (Å²) in [6, 6.07) is 2.31. The SMILES string of the molecule is Cc1ccsc1CNC(=O)C[C@@H]1CCC[C@H]1N. The maximum Gasteiger partial charge on any atom is 0.220 e. The number of hydrogen-bond donors (Lipinski definition) is 2. The predicted octanol–water partition coefficient (Wildman–Crippen LogP) is 2.19. The second-order valence-corrected chi connectivity index (χ2v) is 5.86. The fraction of sp³-hybridized carbons (Fsp3) is 0.615. The Bertz CT molecular complexity index is 389. The summed E-state index contributed by atoms with van der Waals surface area (Å²) in [6.45, 7) is 2.73. The monoisotopic (exact) mass is 252 g/mol. The first-order valence-electron chi connectivity index (χ1n) is 6.22. The van der Waals surface area contributed by atoms with Crippen LogP contribution in [-0.4, -0.2) is 11.9 Å². The number of carbonyl (C=O) groups is 1. The Morgan fingerprint density at radius 1 is 1.59 bits per heavy atom. The third kappa shape index (κ3) is 3.30. The first kappa shape index (κ1) is 12.6. The molecule has 94 valence electrons. The highest BCUT2D eigenvalue weighted by molar-refractivity contribution is 7.10. The molecule has 4 heteroatoms. The van der Waals surface area contributed by atoms with Gasteiger partial charge in [0.15, 0.2) is 0 Å². The third-order valence-corrected chi connectivity index (χ3v) is 4.60. The lowest BCUT2D eigenvalue weighted by Crippen LogP contribution is -2.31. The average molecular weight is 252 g/mol. The maximum absolute atomic E-state index is 11.8. The lowest BCUT2D eigenvalue weighted by atomic mass is 10.00. The van der Waals surface area contributed by atoms with Gasteiger partial charge in [0.1, 0.15) is 0 Å². The van der Waals surface area contributed by atoms with Crippen molar-refractivity contribution in [1.82, 2.24) is 5.32 Å². The number of aryl methyl sites for hydroxylation is 1. The fourth-order valence-electron chi connectivity index (χ4n) is 2.39. The van der Waals surface area contributed by atoms with Crippen LogP contribution >= 0.6 is 11.3 Å². The Labute approximate surface area is 106 Å². The van der Waals surface area contributed by atoms with Crippen LogP contribution in [0.2, 0.25) is 0 Å². The van der Waals surface area contributed by atoms with E-state index in [0.29, 0.717) is 18.9 Å². The molecular formula is C13H20N2OS. The van der Waals surface area contributed by atoms with E-state index in [1.165, 1.54) is 16.9 Å². The molecule has 1 aromatic heterocycles. The van der Waals surface area contributed by atoms with Gasteiger partial charge in [-0.15, -0.1) is 11.3 Å². The molecule has 1 amide bonds. The number of rotatable bonds is 4. The number of amides is 1. The highest BCUT2D eigenvalue weighted by Crippen LogP contribution is 2.26. The van der Waals surface area contributed by atoms with E-state index in [9.17, 15) is 4.79 Å². The number of thiophene rings is 1. The van der Waals surface area contributed by atoms with Crippen LogP contribution in [0.4, 0.5) is 0 Å². The lowest BCUT2D eigenvalue weighted by molar-refractivity contribution is -0.122. The van der Waals surface area contributed by atoms with Crippen molar-refractivity contribution in [1.29, 1.82) is 0 Å². The molecule has 3 nitrogen and oxygen atoms in total. The van der Waals surface area contributed by atoms with Gasteiger partial charge in [-0.05, 0) is 42.7 Å². The summed E-state index contributed by atoms with van der Waals surface area (Å²) >= 11 is 1.70. The van der Waals surface area contributed by atoms with Crippen LogP contribution in [-0.2, 0) is 11.3 Å². The summed E-state index contributed by atoms with van der Waals surface area (Å²) in [5.41, 5.74) is 7.22. The van der Waals surface area contributed by atoms with E-state index < -0.39 is 0 Å². The largest absolute Gasteiger partial charge is 0.351 e. The second-order valence-electron chi connectivity index (χ2n) is 4.86. The zero-order valence-electron chi connectivity index (χ0n) is 10.2. The normalized spacial score (nSPS) is 23.9. The predicted molar refractivity (Wildman–Crippen MR) is 70.8 cm³/mol. The number of nitrogens with one attached hydrogen (secondary N) is 1. The maximum atomic E-state index is 11.8. The van der Waals surface area contributed by atoms with Crippen LogP contribution < -0.4 is 11.1 Å². The van der Waals surface area contributed by atoms with E-state index in [-0.39, 0.29) is 11.9 Å². The molecule has 1 fully saturated rings. The van der Waals surface area contributed by atoms with Gasteiger partial charge in [-0.3, -0.25) is 4.79 Å². The minimum atomic E-state index is 0.139. The van der Waals surface area contributed by atoms with Crippen molar-refractivity contribution in [3.63, 3.8) is 0 Å². The fourth-order valence-corrected chi connectivity index (χ4v) is 3.24. The first-order chi connectivity index (χ1) is 8.16. The van der Waals surface area contributed by atoms with E-state index in [1.807, 2.05) is 0 Å². The molecule has 0 bridgehead atoms. The molecule has 0 saturated heterocycles. The highest BCUT2D eigenvalue weighted by Gasteiger charge is 2.25. The van der Waals surface area contributed by atoms with Gasteiger partial charge < -0.3 is 11.1 Å². The van der Waals surface area contributed by atoms with Crippen LogP contribution in [0.25, 0.3) is 0 Å². The molecule has 1 aliphatic rings. The van der Waals surface area contributed by atoms with Gasteiger partial charge in [-0.25, -0.2) is 0 Å². The summed E-state index contributed by atoms with van der Waals surface area (Å²) in [4.78, 5) is 13.0. The van der Waals surface area contributed by atoms with Gasteiger partial charge in [0.05, 0.1) is 6.54 Å². The molecule has 2 atom stereocenters. The van der Waals surface area contributed by atoms with Gasteiger partial charge in [0, 0.05) is 17.3 Å². The van der Waals surface area contributed by atoms with Crippen molar-refractivity contribution in [2.24, 2.45) is 11.7 Å². The molecule has 0 spiro atoms. The van der Waals surface area contributed by atoms with Crippen molar-refractivity contribution in [3.05, 3.63) is 21.9 Å².